The summed E-state index contributed by atoms with van der Waals surface area (Å²) in [7, 11) is 6.15. The molecule has 4 amide bonds. The molecule has 16 rings (SSSR count). The minimum atomic E-state index is -2.78. The monoisotopic (exact) mass is 1440 g/mol. The van der Waals surface area contributed by atoms with E-state index >= 15 is 0 Å². The summed E-state index contributed by atoms with van der Waals surface area (Å²) in [6.07, 6.45) is 3.56. The molecule has 4 fully saturated rings. The van der Waals surface area contributed by atoms with Gasteiger partial charge < -0.3 is 21.3 Å². The zero-order chi connectivity index (χ0) is 74.3. The molecule has 0 spiro atoms. The molecule has 4 heterocycles. The van der Waals surface area contributed by atoms with Crippen LogP contribution in [0.3, 0.4) is 0 Å². The first-order valence-corrected chi connectivity index (χ1v) is 36.6. The molecule has 0 saturated heterocycles. The lowest BCUT2D eigenvalue weighted by atomic mass is 9.85. The largest absolute Gasteiger partial charge is 0.322 e. The number of alkyl halides is 8. The Kier molecular flexibility index (Phi) is 20.6. The maximum absolute atomic E-state index is 13.2. The van der Waals surface area contributed by atoms with E-state index in [2.05, 4.69) is 121 Å². The Morgan fingerprint density at radius 2 is 0.500 bits per heavy atom. The van der Waals surface area contributed by atoms with Crippen molar-refractivity contribution in [1.29, 1.82) is 0 Å². The van der Waals surface area contributed by atoms with Crippen molar-refractivity contribution in [3.05, 3.63) is 187 Å². The van der Waals surface area contributed by atoms with Crippen molar-refractivity contribution >= 4 is 46.4 Å². The molecule has 4 N–H and O–H groups in total. The molecule has 4 aromatic heterocycles. The lowest BCUT2D eigenvalue weighted by Crippen LogP contribution is -2.16. The van der Waals surface area contributed by atoms with Gasteiger partial charge in [0.1, 0.15) is 22.8 Å². The molecule has 0 unspecified atom stereocenters. The number of nitrogens with one attached hydrogen (secondary N) is 4. The van der Waals surface area contributed by atoms with Gasteiger partial charge in [-0.15, -0.1) is 0 Å². The lowest BCUT2D eigenvalue weighted by Gasteiger charge is -2.21. The number of aryl methyl sites for hydroxylation is 4. The molecule has 8 aliphatic carbocycles. The number of carbonyl (C=O) groups is 4. The molecule has 8 aromatic rings. The first-order valence-electron chi connectivity index (χ1n) is 36.6. The van der Waals surface area contributed by atoms with E-state index in [1.807, 2.05) is 48.5 Å². The van der Waals surface area contributed by atoms with E-state index in [4.69, 9.17) is 0 Å². The number of benzene rings is 4. The van der Waals surface area contributed by atoms with Crippen molar-refractivity contribution in [2.45, 2.75) is 180 Å². The topological polar surface area (TPSA) is 188 Å². The van der Waals surface area contributed by atoms with Gasteiger partial charge in [0.05, 0.1) is 22.3 Å². The zero-order valence-electron chi connectivity index (χ0n) is 60.7. The second kappa shape index (κ2) is 29.2. The van der Waals surface area contributed by atoms with Crippen molar-refractivity contribution in [2.75, 3.05) is 21.3 Å². The fourth-order valence-corrected chi connectivity index (χ4v) is 20.5. The van der Waals surface area contributed by atoms with Gasteiger partial charge in [-0.05, 0) is 215 Å². The molecule has 4 aromatic carbocycles. The Labute approximate surface area is 600 Å². The SMILES string of the molecule is CC(C)[C@@H]1[C@@H]2CC[C@H]1c1c(NC(=O)c3cn(C)nc3C(F)F)cccc12.CC(C)[C@@H]1[C@@H]2CC[C@H]1c1cccc(NC(=O)c3cn(C)nc3C(F)F)c12.CC(C)[C@H]1[C@@H]2CC[C@H]1c1c(NC(=O)c3cn(C)nc3C(F)F)cccc12.CC(C)[C@H]1[C@@H]2CC[C@H]1c1cccc(NC(=O)c3cn(C)nc3C(F)F)c12. The van der Waals surface area contributed by atoms with Gasteiger partial charge in [0.2, 0.25) is 0 Å². The second-order valence-corrected chi connectivity index (χ2v) is 31.1. The van der Waals surface area contributed by atoms with E-state index in [9.17, 15) is 54.3 Å². The summed E-state index contributed by atoms with van der Waals surface area (Å²) in [5.41, 5.74) is 11.0. The molecular formula is C80H92F8N12O4. The van der Waals surface area contributed by atoms with Crippen LogP contribution in [0.1, 0.15) is 289 Å². The van der Waals surface area contributed by atoms with E-state index in [0.29, 0.717) is 94.7 Å². The third kappa shape index (κ3) is 13.3. The highest BCUT2D eigenvalue weighted by Crippen LogP contribution is 2.65. The van der Waals surface area contributed by atoms with Crippen LogP contribution in [0.25, 0.3) is 0 Å². The third-order valence-electron chi connectivity index (χ3n) is 23.8. The minimum Gasteiger partial charge on any atom is -0.322 e. The van der Waals surface area contributed by atoms with Crippen LogP contribution < -0.4 is 21.3 Å². The molecule has 552 valence electrons. The number of amides is 4. The Morgan fingerprint density at radius 1 is 0.317 bits per heavy atom. The third-order valence-corrected chi connectivity index (χ3v) is 23.8. The summed E-state index contributed by atoms with van der Waals surface area (Å²) < 4.78 is 110. The molecule has 12 atom stereocenters. The summed E-state index contributed by atoms with van der Waals surface area (Å²) in [6, 6.07) is 23.9. The Bertz CT molecular complexity index is 4000. The van der Waals surface area contributed by atoms with Crippen LogP contribution >= 0.6 is 0 Å². The van der Waals surface area contributed by atoms with Gasteiger partial charge in [0, 0.05) is 75.7 Å². The van der Waals surface area contributed by atoms with Crippen LogP contribution in [0.4, 0.5) is 57.9 Å². The first kappa shape index (κ1) is 73.4. The van der Waals surface area contributed by atoms with Crippen LogP contribution in [-0.2, 0) is 28.2 Å². The highest BCUT2D eigenvalue weighted by Gasteiger charge is 2.52. The number of carbonyl (C=O) groups excluding carboxylic acids is 4. The number of rotatable bonds is 16. The number of anilines is 4. The molecule has 104 heavy (non-hydrogen) atoms. The molecule has 24 heteroatoms. The van der Waals surface area contributed by atoms with Crippen molar-refractivity contribution in [3.8, 4) is 0 Å². The number of fused-ring (bicyclic) bond motifs is 20. The molecule has 16 nitrogen and oxygen atoms in total. The fraction of sp³-hybridized carbons (Fsp3) is 0.500. The first-order chi connectivity index (χ1) is 49.5. The number of hydrogen-bond donors (Lipinski definition) is 4. The van der Waals surface area contributed by atoms with E-state index < -0.39 is 72.1 Å². The normalized spacial score (nSPS) is 23.7. The molecular weight excluding hydrogens is 1340 g/mol. The number of aromatic nitrogens is 8. The summed E-state index contributed by atoms with van der Waals surface area (Å²) >= 11 is 0. The maximum atomic E-state index is 13.2. The lowest BCUT2D eigenvalue weighted by molar-refractivity contribution is 0.100. The van der Waals surface area contributed by atoms with Crippen molar-refractivity contribution in [3.63, 3.8) is 0 Å². The Balaban J connectivity index is 0.000000123. The molecule has 8 aliphatic rings. The zero-order valence-corrected chi connectivity index (χ0v) is 60.7. The summed E-state index contributed by atoms with van der Waals surface area (Å²) in [6.45, 7) is 18.0. The van der Waals surface area contributed by atoms with Gasteiger partial charge in [-0.2, -0.15) is 20.4 Å². The second-order valence-electron chi connectivity index (χ2n) is 31.1. The van der Waals surface area contributed by atoms with Crippen LogP contribution in [0.5, 0.6) is 0 Å². The molecule has 0 radical (unpaired) electrons. The number of halogens is 8. The van der Waals surface area contributed by atoms with Gasteiger partial charge in [-0.25, -0.2) is 35.1 Å². The van der Waals surface area contributed by atoms with E-state index in [1.165, 1.54) is 142 Å². The summed E-state index contributed by atoms with van der Waals surface area (Å²) in [4.78, 5) is 50.7. The summed E-state index contributed by atoms with van der Waals surface area (Å²) in [5, 5.41) is 26.4. The molecule has 8 bridgehead atoms. The standard InChI is InChI=1S/4C20H23F2N3O/c4*1-10(2)16-12-7-8-13(16)17-11(12)5-4-6-15(17)23-20(26)14-9-25(3)24-18(14)19(21)22/h4*4-6,9-10,12-13,16,19H,7-8H2,1-3H3,(H,23,26)/t2*12-,13-,16+;2*12-,13-,16-/m1010/s1. The Morgan fingerprint density at radius 3 is 0.673 bits per heavy atom. The van der Waals surface area contributed by atoms with Crippen LogP contribution in [0.15, 0.2) is 97.6 Å². The van der Waals surface area contributed by atoms with Crippen LogP contribution in [0.2, 0.25) is 0 Å². The molecule has 0 aliphatic heterocycles. The van der Waals surface area contributed by atoms with E-state index in [1.54, 1.807) is 0 Å². The maximum Gasteiger partial charge on any atom is 0.282 e. The van der Waals surface area contributed by atoms with Gasteiger partial charge in [0.15, 0.2) is 0 Å². The predicted molar refractivity (Wildman–Crippen MR) is 382 cm³/mol. The highest BCUT2D eigenvalue weighted by atomic mass is 19.3. The average molecular weight is 1440 g/mol. The van der Waals surface area contributed by atoms with Gasteiger partial charge in [0.25, 0.3) is 49.3 Å². The number of hydrogen-bond acceptors (Lipinski definition) is 8. The number of nitrogens with zero attached hydrogens (tertiary/aromatic N) is 8. The fourth-order valence-electron chi connectivity index (χ4n) is 20.5. The summed E-state index contributed by atoms with van der Waals surface area (Å²) in [5.74, 6) is 6.53. The van der Waals surface area contributed by atoms with Gasteiger partial charge >= 0.3 is 0 Å². The predicted octanol–water partition coefficient (Wildman–Crippen LogP) is 19.4. The van der Waals surface area contributed by atoms with Crippen LogP contribution in [-0.4, -0.2) is 62.8 Å². The van der Waals surface area contributed by atoms with Crippen molar-refractivity contribution < 1.29 is 54.3 Å². The van der Waals surface area contributed by atoms with Gasteiger partial charge in [-0.1, -0.05) is 104 Å². The van der Waals surface area contributed by atoms with Crippen molar-refractivity contribution in [1.82, 2.24) is 39.1 Å². The quantitative estimate of drug-likeness (QED) is 0.0688. The average Bonchev–Trinajstić information content (AvgIpc) is 1.60. The smallest absolute Gasteiger partial charge is 0.282 e. The Hall–Kier alpha value is -8.96. The van der Waals surface area contributed by atoms with Crippen molar-refractivity contribution in [2.24, 2.45) is 75.5 Å². The van der Waals surface area contributed by atoms with E-state index in [-0.39, 0.29) is 22.3 Å². The van der Waals surface area contributed by atoms with E-state index in [0.717, 1.165) is 48.4 Å². The molecule has 4 saturated carbocycles. The minimum absolute atomic E-state index is 0.0660. The van der Waals surface area contributed by atoms with Crippen LogP contribution in [0, 0.1) is 47.3 Å². The van der Waals surface area contributed by atoms with Gasteiger partial charge in [-0.3, -0.25) is 37.9 Å². The highest BCUT2D eigenvalue weighted by molar-refractivity contribution is 6.08.